The Bertz CT molecular complexity index is 784. The molecular weight excluding hydrogens is 328 g/mol. The molecule has 124 valence electrons. The van der Waals surface area contributed by atoms with Gasteiger partial charge in [-0.25, -0.2) is 8.42 Å². The first-order chi connectivity index (χ1) is 10.9. The first-order valence-electron chi connectivity index (χ1n) is 7.76. The second kappa shape index (κ2) is 6.26. The Balaban J connectivity index is 1.73. The quantitative estimate of drug-likeness (QED) is 0.854. The smallest absolute Gasteiger partial charge is 0.252 e. The lowest BCUT2D eigenvalue weighted by Crippen LogP contribution is -2.48. The van der Waals surface area contributed by atoms with Crippen LogP contribution in [0.5, 0.6) is 0 Å². The zero-order chi connectivity index (χ0) is 16.6. The summed E-state index contributed by atoms with van der Waals surface area (Å²) in [5, 5.41) is 0. The number of anilines is 1. The fraction of sp³-hybridized carbons (Fsp3) is 0.412. The minimum Gasteiger partial charge on any atom is -0.369 e. The summed E-state index contributed by atoms with van der Waals surface area (Å²) in [6.45, 7) is 8.64. The SMILES string of the molecule is Cc1cc(C)cc(N2CCN(S(=O)(=O)c3ccc(C)s3)CC2)c1. The van der Waals surface area contributed by atoms with Crippen molar-refractivity contribution in [1.29, 1.82) is 0 Å². The van der Waals surface area contributed by atoms with E-state index in [1.807, 2.05) is 13.0 Å². The summed E-state index contributed by atoms with van der Waals surface area (Å²) in [6.07, 6.45) is 0. The van der Waals surface area contributed by atoms with Gasteiger partial charge in [0.1, 0.15) is 4.21 Å². The van der Waals surface area contributed by atoms with Gasteiger partial charge >= 0.3 is 0 Å². The molecule has 23 heavy (non-hydrogen) atoms. The van der Waals surface area contributed by atoms with Gasteiger partial charge < -0.3 is 4.90 Å². The Hall–Kier alpha value is -1.37. The standard InChI is InChI=1S/C17H22N2O2S2/c1-13-10-14(2)12-16(11-13)18-6-8-19(9-7-18)23(20,21)17-5-4-15(3)22-17/h4-5,10-12H,6-9H2,1-3H3. The van der Waals surface area contributed by atoms with E-state index < -0.39 is 10.0 Å². The third-order valence-corrected chi connectivity index (χ3v) is 7.49. The van der Waals surface area contributed by atoms with Gasteiger partial charge in [0.15, 0.2) is 0 Å². The Labute approximate surface area is 142 Å². The summed E-state index contributed by atoms with van der Waals surface area (Å²) in [7, 11) is -3.34. The highest BCUT2D eigenvalue weighted by molar-refractivity contribution is 7.91. The van der Waals surface area contributed by atoms with Gasteiger partial charge in [-0.15, -0.1) is 11.3 Å². The average molecular weight is 351 g/mol. The van der Waals surface area contributed by atoms with Crippen LogP contribution >= 0.6 is 11.3 Å². The van der Waals surface area contributed by atoms with E-state index in [0.717, 1.165) is 18.0 Å². The lowest BCUT2D eigenvalue weighted by Gasteiger charge is -2.35. The predicted molar refractivity (Wildman–Crippen MR) is 95.9 cm³/mol. The van der Waals surface area contributed by atoms with E-state index in [1.165, 1.54) is 28.2 Å². The van der Waals surface area contributed by atoms with Gasteiger partial charge in [-0.1, -0.05) is 6.07 Å². The summed E-state index contributed by atoms with van der Waals surface area (Å²) in [5.74, 6) is 0. The van der Waals surface area contributed by atoms with Crippen LogP contribution in [0.25, 0.3) is 0 Å². The zero-order valence-corrected chi connectivity index (χ0v) is 15.4. The van der Waals surface area contributed by atoms with Crippen LogP contribution in [0.2, 0.25) is 0 Å². The number of hydrogen-bond donors (Lipinski definition) is 0. The van der Waals surface area contributed by atoms with Crippen LogP contribution < -0.4 is 4.90 Å². The van der Waals surface area contributed by atoms with E-state index in [0.29, 0.717) is 17.3 Å². The topological polar surface area (TPSA) is 40.6 Å². The summed E-state index contributed by atoms with van der Waals surface area (Å²) in [5.41, 5.74) is 3.67. The molecule has 0 unspecified atom stereocenters. The van der Waals surface area contributed by atoms with E-state index >= 15 is 0 Å². The van der Waals surface area contributed by atoms with Gasteiger partial charge in [0.05, 0.1) is 0 Å². The molecule has 0 radical (unpaired) electrons. The molecule has 0 aliphatic carbocycles. The van der Waals surface area contributed by atoms with Crippen LogP contribution in [0.15, 0.2) is 34.5 Å². The van der Waals surface area contributed by atoms with Crippen molar-refractivity contribution < 1.29 is 8.42 Å². The number of rotatable bonds is 3. The molecule has 1 fully saturated rings. The van der Waals surface area contributed by atoms with E-state index in [1.54, 1.807) is 10.4 Å². The molecule has 6 heteroatoms. The highest BCUT2D eigenvalue weighted by atomic mass is 32.2. The molecule has 3 rings (SSSR count). The molecule has 1 aliphatic heterocycles. The minimum atomic E-state index is -3.34. The number of thiophene rings is 1. The van der Waals surface area contributed by atoms with Gasteiger partial charge in [0, 0.05) is 36.7 Å². The van der Waals surface area contributed by atoms with Crippen molar-refractivity contribution in [1.82, 2.24) is 4.31 Å². The number of hydrogen-bond acceptors (Lipinski definition) is 4. The van der Waals surface area contributed by atoms with Gasteiger partial charge in [-0.05, 0) is 56.2 Å². The van der Waals surface area contributed by atoms with Gasteiger partial charge in [-0.2, -0.15) is 4.31 Å². The van der Waals surface area contributed by atoms with E-state index in [-0.39, 0.29) is 0 Å². The van der Waals surface area contributed by atoms with Crippen molar-refractivity contribution in [2.75, 3.05) is 31.1 Å². The molecule has 0 bridgehead atoms. The number of sulfonamides is 1. The van der Waals surface area contributed by atoms with Crippen LogP contribution in [-0.4, -0.2) is 38.9 Å². The highest BCUT2D eigenvalue weighted by Crippen LogP contribution is 2.26. The van der Waals surface area contributed by atoms with Crippen molar-refractivity contribution >= 4 is 27.0 Å². The molecular formula is C17H22N2O2S2. The molecule has 0 N–H and O–H groups in total. The molecule has 1 saturated heterocycles. The van der Waals surface area contributed by atoms with Gasteiger partial charge in [0.25, 0.3) is 10.0 Å². The van der Waals surface area contributed by atoms with Gasteiger partial charge in [0.2, 0.25) is 0 Å². The van der Waals surface area contributed by atoms with E-state index in [2.05, 4.69) is 36.9 Å². The maximum atomic E-state index is 12.7. The number of piperazine rings is 1. The second-order valence-electron chi connectivity index (χ2n) is 6.10. The fourth-order valence-corrected chi connectivity index (χ4v) is 5.86. The Morgan fingerprint density at radius 3 is 2.04 bits per heavy atom. The van der Waals surface area contributed by atoms with Crippen LogP contribution in [0.4, 0.5) is 5.69 Å². The van der Waals surface area contributed by atoms with Crippen LogP contribution in [0.1, 0.15) is 16.0 Å². The lowest BCUT2D eigenvalue weighted by atomic mass is 10.1. The molecule has 4 nitrogen and oxygen atoms in total. The summed E-state index contributed by atoms with van der Waals surface area (Å²) in [6, 6.07) is 10.1. The number of aryl methyl sites for hydroxylation is 3. The molecule has 1 aliphatic rings. The van der Waals surface area contributed by atoms with Crippen molar-refractivity contribution in [2.24, 2.45) is 0 Å². The summed E-state index contributed by atoms with van der Waals surface area (Å²) >= 11 is 1.35. The maximum absolute atomic E-state index is 12.7. The molecule has 1 aromatic carbocycles. The van der Waals surface area contributed by atoms with Crippen molar-refractivity contribution in [2.45, 2.75) is 25.0 Å². The first-order valence-corrected chi connectivity index (χ1v) is 10.0. The Morgan fingerprint density at radius 2 is 1.52 bits per heavy atom. The normalized spacial score (nSPS) is 16.7. The molecule has 2 heterocycles. The molecule has 0 atom stereocenters. The Morgan fingerprint density at radius 1 is 0.913 bits per heavy atom. The molecule has 1 aromatic heterocycles. The number of benzene rings is 1. The monoisotopic (exact) mass is 350 g/mol. The zero-order valence-electron chi connectivity index (χ0n) is 13.7. The largest absolute Gasteiger partial charge is 0.369 e. The van der Waals surface area contributed by atoms with Crippen LogP contribution in [0, 0.1) is 20.8 Å². The maximum Gasteiger partial charge on any atom is 0.252 e. The van der Waals surface area contributed by atoms with Crippen LogP contribution in [-0.2, 0) is 10.0 Å². The van der Waals surface area contributed by atoms with Gasteiger partial charge in [-0.3, -0.25) is 0 Å². The Kier molecular flexibility index (Phi) is 4.49. The van der Waals surface area contributed by atoms with Crippen molar-refractivity contribution in [3.05, 3.63) is 46.3 Å². The highest BCUT2D eigenvalue weighted by Gasteiger charge is 2.29. The number of nitrogens with zero attached hydrogens (tertiary/aromatic N) is 2. The van der Waals surface area contributed by atoms with Crippen molar-refractivity contribution in [3.8, 4) is 0 Å². The summed E-state index contributed by atoms with van der Waals surface area (Å²) < 4.78 is 27.4. The first kappa shape index (κ1) is 16.5. The van der Waals surface area contributed by atoms with Crippen molar-refractivity contribution in [3.63, 3.8) is 0 Å². The van der Waals surface area contributed by atoms with Crippen LogP contribution in [0.3, 0.4) is 0 Å². The average Bonchev–Trinajstić information content (AvgIpc) is 2.94. The second-order valence-corrected chi connectivity index (χ2v) is 9.55. The lowest BCUT2D eigenvalue weighted by molar-refractivity contribution is 0.386. The summed E-state index contributed by atoms with van der Waals surface area (Å²) in [4.78, 5) is 3.29. The molecule has 0 saturated carbocycles. The third kappa shape index (κ3) is 3.44. The predicted octanol–water partition coefficient (Wildman–Crippen LogP) is 3.18. The molecule has 0 amide bonds. The van der Waals surface area contributed by atoms with E-state index in [9.17, 15) is 8.42 Å². The minimum absolute atomic E-state index is 0.454. The van der Waals surface area contributed by atoms with E-state index in [4.69, 9.17) is 0 Å². The third-order valence-electron chi connectivity index (χ3n) is 4.12. The fourth-order valence-electron chi connectivity index (χ4n) is 3.00. The molecule has 2 aromatic rings. The molecule has 0 spiro atoms.